The second kappa shape index (κ2) is 8.46. The molecule has 0 aliphatic rings. The Morgan fingerprint density at radius 3 is 2.04 bits per heavy atom. The second-order valence-electron chi connectivity index (χ2n) is 4.18. The van der Waals surface area contributed by atoms with Gasteiger partial charge in [-0.05, 0) is 6.07 Å². The highest BCUT2D eigenvalue weighted by Crippen LogP contribution is 2.35. The molecule has 1 amide bonds. The van der Waals surface area contributed by atoms with Gasteiger partial charge in [-0.15, -0.1) is 23.2 Å². The summed E-state index contributed by atoms with van der Waals surface area (Å²) in [6.45, 7) is 0.347. The number of anilines is 1. The van der Waals surface area contributed by atoms with Gasteiger partial charge in [0.05, 0.1) is 15.9 Å². The molecule has 10 nitrogen and oxygen atoms in total. The van der Waals surface area contributed by atoms with Crippen LogP contribution in [0.5, 0.6) is 0 Å². The molecular weight excluding hydrogens is 355 g/mol. The first-order valence-corrected chi connectivity index (χ1v) is 7.22. The standard InChI is InChI=1S/C11H12Cl2N4O6/c12-1-3-15(4-2-13)9-5-7(11(18)14-19)8(16(20)21)6-10(9)17(22)23/h5-6,19H,1-4H2,(H,14,18). The molecule has 0 aromatic heterocycles. The van der Waals surface area contributed by atoms with Gasteiger partial charge in [-0.25, -0.2) is 5.48 Å². The molecule has 126 valence electrons. The third-order valence-corrected chi connectivity index (χ3v) is 3.22. The highest BCUT2D eigenvalue weighted by Gasteiger charge is 2.30. The fraction of sp³-hybridized carbons (Fsp3) is 0.364. The Bertz CT molecular complexity index is 621. The molecule has 0 atom stereocenters. The van der Waals surface area contributed by atoms with E-state index in [1.807, 2.05) is 0 Å². The van der Waals surface area contributed by atoms with E-state index < -0.39 is 32.7 Å². The summed E-state index contributed by atoms with van der Waals surface area (Å²) in [5, 5.41) is 30.9. The minimum atomic E-state index is -1.16. The minimum Gasteiger partial charge on any atom is -0.364 e. The number of carbonyl (C=O) groups excluding carboxylic acids is 1. The van der Waals surface area contributed by atoms with Gasteiger partial charge in [-0.2, -0.15) is 0 Å². The average Bonchev–Trinajstić information content (AvgIpc) is 2.52. The van der Waals surface area contributed by atoms with E-state index in [1.165, 1.54) is 10.4 Å². The van der Waals surface area contributed by atoms with Crippen molar-refractivity contribution in [2.24, 2.45) is 0 Å². The molecule has 23 heavy (non-hydrogen) atoms. The maximum Gasteiger partial charge on any atom is 0.299 e. The van der Waals surface area contributed by atoms with Crippen LogP contribution >= 0.6 is 23.2 Å². The number of nitrogens with one attached hydrogen (secondary N) is 1. The van der Waals surface area contributed by atoms with Crippen molar-refractivity contribution in [3.63, 3.8) is 0 Å². The fourth-order valence-electron chi connectivity index (χ4n) is 1.92. The number of amides is 1. The maximum atomic E-state index is 11.6. The monoisotopic (exact) mass is 366 g/mol. The number of benzene rings is 1. The van der Waals surface area contributed by atoms with E-state index >= 15 is 0 Å². The molecule has 1 rings (SSSR count). The van der Waals surface area contributed by atoms with Gasteiger partial charge in [-0.3, -0.25) is 30.2 Å². The number of nitro benzene ring substituents is 2. The first-order valence-electron chi connectivity index (χ1n) is 6.15. The number of halogens is 2. The number of alkyl halides is 2. The van der Waals surface area contributed by atoms with E-state index in [-0.39, 0.29) is 30.5 Å². The largest absolute Gasteiger partial charge is 0.364 e. The van der Waals surface area contributed by atoms with E-state index in [2.05, 4.69) is 0 Å². The molecule has 1 aromatic carbocycles. The summed E-state index contributed by atoms with van der Waals surface area (Å²) >= 11 is 11.3. The van der Waals surface area contributed by atoms with Gasteiger partial charge in [0.1, 0.15) is 11.3 Å². The molecule has 0 bridgehead atoms. The van der Waals surface area contributed by atoms with Crippen LogP contribution in [0.1, 0.15) is 10.4 Å². The molecule has 0 unspecified atom stereocenters. The van der Waals surface area contributed by atoms with Crippen molar-refractivity contribution in [2.75, 3.05) is 29.7 Å². The van der Waals surface area contributed by atoms with E-state index in [1.54, 1.807) is 0 Å². The topological polar surface area (TPSA) is 139 Å². The molecule has 0 saturated heterocycles. The molecular formula is C11H12Cl2N4O6. The molecule has 0 saturated carbocycles. The van der Waals surface area contributed by atoms with Crippen molar-refractivity contribution in [3.05, 3.63) is 37.9 Å². The zero-order chi connectivity index (χ0) is 17.6. The Morgan fingerprint density at radius 2 is 1.65 bits per heavy atom. The third kappa shape index (κ3) is 4.41. The summed E-state index contributed by atoms with van der Waals surface area (Å²) in [7, 11) is 0. The maximum absolute atomic E-state index is 11.6. The number of carbonyl (C=O) groups is 1. The quantitative estimate of drug-likeness (QED) is 0.310. The SMILES string of the molecule is O=C(NO)c1cc(N(CCCl)CCCl)c([N+](=O)[O-])cc1[N+](=O)[O-]. The lowest BCUT2D eigenvalue weighted by Gasteiger charge is -2.22. The molecule has 0 radical (unpaired) electrons. The second-order valence-corrected chi connectivity index (χ2v) is 4.93. The molecule has 0 fully saturated rings. The van der Waals surface area contributed by atoms with Gasteiger partial charge in [0.15, 0.2) is 0 Å². The molecule has 12 heteroatoms. The first kappa shape index (κ1) is 18.9. The van der Waals surface area contributed by atoms with Crippen molar-refractivity contribution >= 4 is 46.2 Å². The normalized spacial score (nSPS) is 10.2. The zero-order valence-corrected chi connectivity index (χ0v) is 13.1. The number of hydrogen-bond donors (Lipinski definition) is 2. The predicted molar refractivity (Wildman–Crippen MR) is 82.7 cm³/mol. The van der Waals surface area contributed by atoms with Crippen molar-refractivity contribution in [3.8, 4) is 0 Å². The summed E-state index contributed by atoms with van der Waals surface area (Å²) < 4.78 is 0. The number of rotatable bonds is 8. The third-order valence-electron chi connectivity index (χ3n) is 2.88. The minimum absolute atomic E-state index is 0.0551. The lowest BCUT2D eigenvalue weighted by molar-refractivity contribution is -0.393. The van der Waals surface area contributed by atoms with E-state index in [4.69, 9.17) is 28.4 Å². The molecule has 0 spiro atoms. The number of hydroxylamine groups is 1. The van der Waals surface area contributed by atoms with E-state index in [9.17, 15) is 25.0 Å². The number of nitrogens with zero attached hydrogens (tertiary/aromatic N) is 3. The van der Waals surface area contributed by atoms with Crippen LogP contribution in [0, 0.1) is 20.2 Å². The van der Waals surface area contributed by atoms with Gasteiger partial charge >= 0.3 is 0 Å². The van der Waals surface area contributed by atoms with Gasteiger partial charge in [0, 0.05) is 24.8 Å². The predicted octanol–water partition coefficient (Wildman–Crippen LogP) is 1.91. The number of nitro groups is 2. The summed E-state index contributed by atoms with van der Waals surface area (Å²) in [4.78, 5) is 33.5. The van der Waals surface area contributed by atoms with Crippen LogP contribution in [0.2, 0.25) is 0 Å². The Hall–Kier alpha value is -2.17. The average molecular weight is 367 g/mol. The summed E-state index contributed by atoms with van der Waals surface area (Å²) in [5.74, 6) is -0.927. The van der Waals surface area contributed by atoms with Gasteiger partial charge < -0.3 is 4.90 Å². The van der Waals surface area contributed by atoms with Crippen molar-refractivity contribution < 1.29 is 19.8 Å². The molecule has 0 heterocycles. The van der Waals surface area contributed by atoms with Crippen LogP contribution in [-0.2, 0) is 0 Å². The summed E-state index contributed by atoms with van der Waals surface area (Å²) in [6.07, 6.45) is 0. The van der Waals surface area contributed by atoms with E-state index in [0.717, 1.165) is 6.07 Å². The summed E-state index contributed by atoms with van der Waals surface area (Å²) in [6, 6.07) is 1.62. The Balaban J connectivity index is 3.61. The van der Waals surface area contributed by atoms with Crippen LogP contribution in [-0.4, -0.2) is 45.8 Å². The Labute approximate surface area is 139 Å². The van der Waals surface area contributed by atoms with E-state index in [0.29, 0.717) is 6.07 Å². The molecule has 0 aliphatic heterocycles. The number of hydrogen-bond acceptors (Lipinski definition) is 7. The smallest absolute Gasteiger partial charge is 0.299 e. The lowest BCUT2D eigenvalue weighted by Crippen LogP contribution is -2.29. The van der Waals surface area contributed by atoms with Gasteiger partial charge in [0.2, 0.25) is 0 Å². The van der Waals surface area contributed by atoms with Crippen LogP contribution in [0.3, 0.4) is 0 Å². The molecule has 1 aromatic rings. The Kier molecular flexibility index (Phi) is 6.94. The first-order chi connectivity index (χ1) is 10.9. The summed E-state index contributed by atoms with van der Waals surface area (Å²) in [5.41, 5.74) is -0.675. The lowest BCUT2D eigenvalue weighted by atomic mass is 10.1. The fourth-order valence-corrected chi connectivity index (χ4v) is 2.32. The van der Waals surface area contributed by atoms with Crippen LogP contribution < -0.4 is 10.4 Å². The van der Waals surface area contributed by atoms with Crippen LogP contribution in [0.15, 0.2) is 12.1 Å². The highest BCUT2D eigenvalue weighted by atomic mass is 35.5. The van der Waals surface area contributed by atoms with Gasteiger partial charge in [-0.1, -0.05) is 0 Å². The van der Waals surface area contributed by atoms with Crippen molar-refractivity contribution in [1.29, 1.82) is 0 Å². The van der Waals surface area contributed by atoms with Crippen LogP contribution in [0.25, 0.3) is 0 Å². The molecule has 2 N–H and O–H groups in total. The van der Waals surface area contributed by atoms with Gasteiger partial charge in [0.25, 0.3) is 17.3 Å². The van der Waals surface area contributed by atoms with Crippen LogP contribution in [0.4, 0.5) is 17.1 Å². The highest BCUT2D eigenvalue weighted by molar-refractivity contribution is 6.18. The molecule has 0 aliphatic carbocycles. The van der Waals surface area contributed by atoms with Crippen molar-refractivity contribution in [2.45, 2.75) is 0 Å². The Morgan fingerprint density at radius 1 is 1.13 bits per heavy atom. The van der Waals surface area contributed by atoms with Crippen molar-refractivity contribution in [1.82, 2.24) is 5.48 Å². The zero-order valence-electron chi connectivity index (χ0n) is 11.6.